The van der Waals surface area contributed by atoms with Gasteiger partial charge in [-0.1, -0.05) is 60.7 Å². The minimum Gasteiger partial charge on any atom is -0.458 e. The zero-order valence-electron chi connectivity index (χ0n) is 21.6. The molecule has 2 aromatic carbocycles. The largest absolute Gasteiger partial charge is 0.458 e. The third kappa shape index (κ3) is 9.68. The molecular formula is C27H33O10P. The Morgan fingerprint density at radius 1 is 0.789 bits per heavy atom. The Morgan fingerprint density at radius 3 is 1.76 bits per heavy atom. The van der Waals surface area contributed by atoms with E-state index in [-0.39, 0.29) is 32.2 Å². The maximum atomic E-state index is 13.9. The standard InChI is InChI=1S/C27H33O10P/c1-19(28)34-25-16-26(35-20(2)29)37-24(27(25)36-21(3)30)14-15-38(31,32-17-22-10-6-4-7-11-22)33-18-23-12-8-5-9-13-23/h4-13,24-27H,14-18H2,1-3H3/t24-,25-,26+,27-/m1/s1. The number of esters is 3. The van der Waals surface area contributed by atoms with E-state index in [9.17, 15) is 18.9 Å². The Labute approximate surface area is 222 Å². The number of hydrogen-bond acceptors (Lipinski definition) is 10. The molecule has 0 unspecified atom stereocenters. The van der Waals surface area contributed by atoms with E-state index in [1.165, 1.54) is 20.8 Å². The van der Waals surface area contributed by atoms with Crippen LogP contribution in [-0.4, -0.2) is 48.7 Å². The third-order valence-corrected chi connectivity index (χ3v) is 7.48. The molecule has 2 aromatic rings. The van der Waals surface area contributed by atoms with Crippen LogP contribution in [0.15, 0.2) is 60.7 Å². The summed E-state index contributed by atoms with van der Waals surface area (Å²) in [5.41, 5.74) is 1.63. The van der Waals surface area contributed by atoms with E-state index in [2.05, 4.69) is 0 Å². The summed E-state index contributed by atoms with van der Waals surface area (Å²) in [4.78, 5) is 35.2. The van der Waals surface area contributed by atoms with Gasteiger partial charge in [-0.15, -0.1) is 0 Å². The molecule has 10 nitrogen and oxygen atoms in total. The van der Waals surface area contributed by atoms with Gasteiger partial charge in [-0.05, 0) is 17.5 Å². The summed E-state index contributed by atoms with van der Waals surface area (Å²) in [6.07, 6.45) is -4.02. The first kappa shape index (κ1) is 29.5. The molecular weight excluding hydrogens is 515 g/mol. The molecule has 0 bridgehead atoms. The SMILES string of the molecule is CC(=O)O[C@@H]1C[C@@H](OC(C)=O)[C@H](OC(C)=O)[C@@H](CCP(=O)(OCc2ccccc2)OCc2ccccc2)O1. The highest BCUT2D eigenvalue weighted by Crippen LogP contribution is 2.51. The van der Waals surface area contributed by atoms with Crippen LogP contribution in [0.3, 0.4) is 0 Å². The van der Waals surface area contributed by atoms with E-state index in [1.54, 1.807) is 0 Å². The first-order chi connectivity index (χ1) is 18.1. The minimum absolute atomic E-state index is 0.0275. The fourth-order valence-electron chi connectivity index (χ4n) is 4.00. The van der Waals surface area contributed by atoms with Crippen LogP contribution in [0.2, 0.25) is 0 Å². The van der Waals surface area contributed by atoms with Crippen molar-refractivity contribution >= 4 is 25.5 Å². The lowest BCUT2D eigenvalue weighted by Gasteiger charge is -2.40. The van der Waals surface area contributed by atoms with Crippen molar-refractivity contribution in [1.29, 1.82) is 0 Å². The molecule has 0 radical (unpaired) electrons. The van der Waals surface area contributed by atoms with Gasteiger partial charge >= 0.3 is 25.5 Å². The van der Waals surface area contributed by atoms with Crippen LogP contribution in [0, 0.1) is 0 Å². The van der Waals surface area contributed by atoms with Crippen molar-refractivity contribution in [2.45, 2.75) is 71.4 Å². The van der Waals surface area contributed by atoms with Crippen LogP contribution in [0.5, 0.6) is 0 Å². The Kier molecular flexibility index (Phi) is 11.0. The molecule has 0 aromatic heterocycles. The number of carbonyl (C=O) groups excluding carboxylic acids is 3. The van der Waals surface area contributed by atoms with E-state index in [0.717, 1.165) is 11.1 Å². The van der Waals surface area contributed by atoms with Gasteiger partial charge in [0.2, 0.25) is 6.29 Å². The zero-order chi connectivity index (χ0) is 27.5. The quantitative estimate of drug-likeness (QED) is 0.212. The molecule has 1 fully saturated rings. The van der Waals surface area contributed by atoms with Gasteiger partial charge in [-0.2, -0.15) is 0 Å². The lowest BCUT2D eigenvalue weighted by molar-refractivity contribution is -0.253. The second-order valence-corrected chi connectivity index (χ2v) is 11.0. The number of benzene rings is 2. The summed E-state index contributed by atoms with van der Waals surface area (Å²) in [7, 11) is -3.71. The van der Waals surface area contributed by atoms with Gasteiger partial charge in [-0.25, -0.2) is 0 Å². The molecule has 0 amide bonds. The van der Waals surface area contributed by atoms with E-state index in [1.807, 2.05) is 60.7 Å². The van der Waals surface area contributed by atoms with Crippen LogP contribution in [-0.2, 0) is 60.2 Å². The summed E-state index contributed by atoms with van der Waals surface area (Å²) in [6.45, 7) is 3.77. The molecule has 3 rings (SSSR count). The van der Waals surface area contributed by atoms with Crippen molar-refractivity contribution in [3.63, 3.8) is 0 Å². The number of ether oxygens (including phenoxy) is 4. The van der Waals surface area contributed by atoms with Crippen LogP contribution in [0.25, 0.3) is 0 Å². The fraction of sp³-hybridized carbons (Fsp3) is 0.444. The minimum atomic E-state index is -3.71. The van der Waals surface area contributed by atoms with Gasteiger partial charge in [0.25, 0.3) is 0 Å². The second kappa shape index (κ2) is 14.2. The molecule has 0 N–H and O–H groups in total. The average molecular weight is 549 g/mol. The van der Waals surface area contributed by atoms with Crippen molar-refractivity contribution in [2.24, 2.45) is 0 Å². The molecule has 0 spiro atoms. The molecule has 4 atom stereocenters. The number of rotatable bonds is 12. The third-order valence-electron chi connectivity index (χ3n) is 5.63. The molecule has 1 aliphatic rings. The normalized spacial score (nSPS) is 21.3. The highest BCUT2D eigenvalue weighted by atomic mass is 31.2. The van der Waals surface area contributed by atoms with Crippen molar-refractivity contribution in [3.8, 4) is 0 Å². The van der Waals surface area contributed by atoms with Gasteiger partial charge in [0.1, 0.15) is 12.2 Å². The summed E-state index contributed by atoms with van der Waals surface area (Å²) in [5.74, 6) is -1.81. The van der Waals surface area contributed by atoms with E-state index < -0.39 is 50.1 Å². The summed E-state index contributed by atoms with van der Waals surface area (Å²) >= 11 is 0. The molecule has 11 heteroatoms. The van der Waals surface area contributed by atoms with Gasteiger partial charge in [0.05, 0.1) is 25.8 Å². The average Bonchev–Trinajstić information content (AvgIpc) is 2.87. The highest BCUT2D eigenvalue weighted by Gasteiger charge is 2.45. The molecule has 1 saturated heterocycles. The van der Waals surface area contributed by atoms with Crippen LogP contribution in [0.4, 0.5) is 0 Å². The Balaban J connectivity index is 1.79. The molecule has 1 aliphatic heterocycles. The highest BCUT2D eigenvalue weighted by molar-refractivity contribution is 7.53. The smallest absolute Gasteiger partial charge is 0.331 e. The molecule has 1 heterocycles. The predicted molar refractivity (Wildman–Crippen MR) is 136 cm³/mol. The van der Waals surface area contributed by atoms with Gasteiger partial charge in [0.15, 0.2) is 6.10 Å². The number of carbonyl (C=O) groups is 3. The second-order valence-electron chi connectivity index (χ2n) is 8.81. The molecule has 38 heavy (non-hydrogen) atoms. The fourth-order valence-corrected chi connectivity index (χ4v) is 5.60. The number of hydrogen-bond donors (Lipinski definition) is 0. The maximum absolute atomic E-state index is 13.9. The molecule has 0 aliphatic carbocycles. The lowest BCUT2D eigenvalue weighted by atomic mass is 9.99. The van der Waals surface area contributed by atoms with Crippen molar-refractivity contribution < 1.29 is 46.9 Å². The Hall–Kier alpha value is -3.04. The predicted octanol–water partition coefficient (Wildman–Crippen LogP) is 4.54. The Morgan fingerprint density at radius 2 is 1.29 bits per heavy atom. The summed E-state index contributed by atoms with van der Waals surface area (Å²) in [5, 5.41) is 0. The van der Waals surface area contributed by atoms with Gasteiger partial charge < -0.3 is 28.0 Å². The van der Waals surface area contributed by atoms with E-state index in [4.69, 9.17) is 28.0 Å². The Bertz CT molecular complexity index is 1060. The van der Waals surface area contributed by atoms with Crippen LogP contribution < -0.4 is 0 Å². The topological polar surface area (TPSA) is 124 Å². The van der Waals surface area contributed by atoms with Crippen molar-refractivity contribution in [3.05, 3.63) is 71.8 Å². The van der Waals surface area contributed by atoms with Crippen LogP contribution in [0.1, 0.15) is 44.7 Å². The van der Waals surface area contributed by atoms with E-state index in [0.29, 0.717) is 0 Å². The van der Waals surface area contributed by atoms with E-state index >= 15 is 0 Å². The summed E-state index contributed by atoms with van der Waals surface area (Å²) < 4.78 is 47.4. The van der Waals surface area contributed by atoms with Gasteiger partial charge in [-0.3, -0.25) is 18.9 Å². The summed E-state index contributed by atoms with van der Waals surface area (Å²) in [6, 6.07) is 18.5. The monoisotopic (exact) mass is 548 g/mol. The van der Waals surface area contributed by atoms with Gasteiger partial charge in [0, 0.05) is 20.8 Å². The first-order valence-corrected chi connectivity index (χ1v) is 14.0. The van der Waals surface area contributed by atoms with Crippen molar-refractivity contribution in [1.82, 2.24) is 0 Å². The first-order valence-electron chi connectivity index (χ1n) is 12.3. The molecule has 206 valence electrons. The lowest BCUT2D eigenvalue weighted by Crippen LogP contribution is -2.52. The molecule has 0 saturated carbocycles. The zero-order valence-corrected chi connectivity index (χ0v) is 22.5. The maximum Gasteiger partial charge on any atom is 0.331 e. The van der Waals surface area contributed by atoms with Crippen molar-refractivity contribution in [2.75, 3.05) is 6.16 Å². The van der Waals surface area contributed by atoms with Crippen LogP contribution >= 0.6 is 7.60 Å².